The summed E-state index contributed by atoms with van der Waals surface area (Å²) in [5, 5.41) is 44.9. The zero-order chi connectivity index (χ0) is 28.4. The Hall–Kier alpha value is -2.87. The van der Waals surface area contributed by atoms with Gasteiger partial charge in [-0.3, -0.25) is 14.4 Å². The summed E-state index contributed by atoms with van der Waals surface area (Å²) < 4.78 is 29.1. The van der Waals surface area contributed by atoms with Crippen molar-refractivity contribution in [1.29, 1.82) is 0 Å². The summed E-state index contributed by atoms with van der Waals surface area (Å²) in [6.45, 7) is 4.88. The Labute approximate surface area is 228 Å². The van der Waals surface area contributed by atoms with E-state index in [9.17, 15) is 34.8 Å². The second kappa shape index (κ2) is 8.57. The average Bonchev–Trinajstić information content (AvgIpc) is 3.26. The number of phenolic OH excluding ortho intramolecular Hbond substituents is 2. The van der Waals surface area contributed by atoms with Crippen LogP contribution < -0.4 is 0 Å². The van der Waals surface area contributed by atoms with E-state index >= 15 is 0 Å². The molecule has 5 heterocycles. The zero-order valence-electron chi connectivity index (χ0n) is 22.1. The summed E-state index contributed by atoms with van der Waals surface area (Å²) in [5.74, 6) is -3.28. The number of hydrogen-bond acceptors (Lipinski definition) is 12. The Balaban J connectivity index is 1.34. The number of fused-ring (bicyclic) bond motifs is 6. The van der Waals surface area contributed by atoms with Crippen LogP contribution in [0.3, 0.4) is 0 Å². The number of aliphatic hydroxyl groups excluding tert-OH is 1. The molecule has 40 heavy (non-hydrogen) atoms. The van der Waals surface area contributed by atoms with Crippen molar-refractivity contribution in [2.45, 2.75) is 107 Å². The first-order chi connectivity index (χ1) is 18.9. The van der Waals surface area contributed by atoms with Crippen molar-refractivity contribution >= 4 is 17.5 Å². The van der Waals surface area contributed by atoms with Gasteiger partial charge in [-0.2, -0.15) is 0 Å². The van der Waals surface area contributed by atoms with Gasteiger partial charge in [-0.1, -0.05) is 0 Å². The van der Waals surface area contributed by atoms with Crippen LogP contribution in [0.5, 0.6) is 11.5 Å². The van der Waals surface area contributed by atoms with Crippen molar-refractivity contribution in [3.8, 4) is 11.5 Å². The molecule has 0 amide bonds. The second-order valence-electron chi connectivity index (χ2n) is 11.5. The number of rotatable bonds is 2. The van der Waals surface area contributed by atoms with E-state index in [1.54, 1.807) is 20.8 Å². The van der Waals surface area contributed by atoms with Crippen LogP contribution in [0.15, 0.2) is 11.1 Å². The molecule has 2 bridgehead atoms. The number of ether oxygens (including phenoxy) is 5. The molecule has 12 nitrogen and oxygen atoms in total. The number of hydrogen-bond donors (Lipinski definition) is 4. The maximum atomic E-state index is 14.2. The Bertz CT molecular complexity index is 1400. The molecule has 10 atom stereocenters. The number of aliphatic hydroxyl groups is 2. The predicted molar refractivity (Wildman–Crippen MR) is 131 cm³/mol. The molecule has 0 aromatic heterocycles. The fraction of sp³-hybridized carbons (Fsp3) is 0.607. The summed E-state index contributed by atoms with van der Waals surface area (Å²) in [5.41, 5.74) is -3.18. The largest absolute Gasteiger partial charge is 0.507 e. The van der Waals surface area contributed by atoms with E-state index < -0.39 is 101 Å². The van der Waals surface area contributed by atoms with Gasteiger partial charge in [0.2, 0.25) is 0 Å². The summed E-state index contributed by atoms with van der Waals surface area (Å²) >= 11 is 0. The third kappa shape index (κ3) is 3.25. The number of esters is 1. The molecule has 0 unspecified atom stereocenters. The van der Waals surface area contributed by atoms with Crippen LogP contribution in [0, 0.1) is 0 Å². The predicted octanol–water partition coefficient (Wildman–Crippen LogP) is 1.41. The molecule has 5 aliphatic heterocycles. The number of benzene rings is 1. The zero-order valence-corrected chi connectivity index (χ0v) is 22.1. The molecule has 214 valence electrons. The van der Waals surface area contributed by atoms with E-state index in [1.165, 1.54) is 0 Å². The van der Waals surface area contributed by atoms with Crippen LogP contribution in [0.2, 0.25) is 0 Å². The maximum absolute atomic E-state index is 14.2. The first-order valence-electron chi connectivity index (χ1n) is 13.6. The lowest BCUT2D eigenvalue weighted by Gasteiger charge is -2.54. The number of aromatic hydroxyl groups is 2. The number of carbonyl (C=O) groups is 3. The second-order valence-corrected chi connectivity index (χ2v) is 11.5. The van der Waals surface area contributed by atoms with E-state index in [4.69, 9.17) is 23.7 Å². The summed E-state index contributed by atoms with van der Waals surface area (Å²) in [4.78, 5) is 40.2. The molecule has 8 rings (SSSR count). The van der Waals surface area contributed by atoms with Crippen LogP contribution in [0.4, 0.5) is 0 Å². The lowest BCUT2D eigenvalue weighted by molar-refractivity contribution is -0.291. The minimum Gasteiger partial charge on any atom is -0.507 e. The van der Waals surface area contributed by atoms with Crippen molar-refractivity contribution in [3.63, 3.8) is 0 Å². The number of Topliss-reactive ketones (excluding diaryl/α,β-unsaturated/α-hetero) is 2. The van der Waals surface area contributed by atoms with Crippen molar-refractivity contribution in [3.05, 3.63) is 33.4 Å². The Morgan fingerprint density at radius 1 is 0.925 bits per heavy atom. The molecule has 0 saturated carbocycles. The quantitative estimate of drug-likeness (QED) is 0.303. The van der Waals surface area contributed by atoms with Crippen LogP contribution in [-0.4, -0.2) is 86.5 Å². The molecule has 0 spiro atoms. The first kappa shape index (κ1) is 26.1. The lowest BCUT2D eigenvalue weighted by Crippen LogP contribution is -2.67. The Morgan fingerprint density at radius 3 is 2.35 bits per heavy atom. The minimum atomic E-state index is -2.07. The van der Waals surface area contributed by atoms with Crippen molar-refractivity contribution < 1.29 is 58.5 Å². The molecule has 4 N–H and O–H groups in total. The van der Waals surface area contributed by atoms with Crippen molar-refractivity contribution in [2.75, 3.05) is 0 Å². The standard InChI is InChI=1S/C28H30O12/c1-8-11(29)4-5-16(37-8)39-14-6-12-18-22(28(14,35)10(3)38-12)26(34)20-19(24(18)32)25(33)21-17(23(20)31)9(2)36-13-7-15(30)40-27(13)21/h8-14,16,27,29,31,33,35H,4-7H2,1-3H3/t8-,9-,10+,11-,12+,13-,14+,16-,27+,28+/m0/s1. The fourth-order valence-electron chi connectivity index (χ4n) is 7.31. The van der Waals surface area contributed by atoms with Gasteiger partial charge >= 0.3 is 5.97 Å². The van der Waals surface area contributed by atoms with E-state index in [0.29, 0.717) is 12.8 Å². The van der Waals surface area contributed by atoms with E-state index in [2.05, 4.69) is 0 Å². The molecule has 2 aliphatic carbocycles. The third-order valence-electron chi connectivity index (χ3n) is 9.31. The SMILES string of the molecule is C[C@@H]1O[C@H]2CC(=O)O[C@H]2c2c(O)c3c(c(O)c21)C(=O)C1=C(C3=O)[C@H]2C[C@@H](O[C@H]3CC[C@H](O)[C@H](C)O3)[C@]1(O)[C@@H](C)O2. The molecular formula is C28H30O12. The van der Waals surface area contributed by atoms with Crippen LogP contribution in [0.1, 0.15) is 90.5 Å². The van der Waals surface area contributed by atoms with Gasteiger partial charge in [-0.15, -0.1) is 0 Å². The highest BCUT2D eigenvalue weighted by Gasteiger charge is 2.64. The van der Waals surface area contributed by atoms with Crippen molar-refractivity contribution in [2.24, 2.45) is 0 Å². The molecule has 1 aromatic carbocycles. The lowest BCUT2D eigenvalue weighted by atomic mass is 9.63. The van der Waals surface area contributed by atoms with Gasteiger partial charge in [0.25, 0.3) is 0 Å². The Kier molecular flexibility index (Phi) is 5.58. The molecule has 3 fully saturated rings. The number of phenols is 2. The van der Waals surface area contributed by atoms with Gasteiger partial charge in [0.05, 0.1) is 54.2 Å². The molecule has 1 aromatic rings. The fourth-order valence-corrected chi connectivity index (χ4v) is 7.31. The topological polar surface area (TPSA) is 178 Å². The van der Waals surface area contributed by atoms with Gasteiger partial charge in [0.1, 0.15) is 23.2 Å². The van der Waals surface area contributed by atoms with Crippen LogP contribution in [-0.2, 0) is 28.5 Å². The molecule has 0 radical (unpaired) electrons. The highest BCUT2D eigenvalue weighted by atomic mass is 16.7. The average molecular weight is 559 g/mol. The number of carbonyl (C=O) groups excluding carboxylic acids is 3. The third-order valence-corrected chi connectivity index (χ3v) is 9.31. The summed E-state index contributed by atoms with van der Waals surface area (Å²) in [6, 6.07) is 0. The summed E-state index contributed by atoms with van der Waals surface area (Å²) in [6.07, 6.45) is -6.58. The molecular weight excluding hydrogens is 528 g/mol. The van der Waals surface area contributed by atoms with Gasteiger partial charge in [-0.05, 0) is 27.2 Å². The van der Waals surface area contributed by atoms with Gasteiger partial charge in [0, 0.05) is 35.1 Å². The van der Waals surface area contributed by atoms with Gasteiger partial charge in [0.15, 0.2) is 24.0 Å². The Morgan fingerprint density at radius 2 is 1.62 bits per heavy atom. The molecule has 3 saturated heterocycles. The van der Waals surface area contributed by atoms with Crippen LogP contribution in [0.25, 0.3) is 0 Å². The van der Waals surface area contributed by atoms with E-state index in [0.717, 1.165) is 0 Å². The van der Waals surface area contributed by atoms with E-state index in [-0.39, 0.29) is 35.1 Å². The maximum Gasteiger partial charge on any atom is 0.309 e. The highest BCUT2D eigenvalue weighted by Crippen LogP contribution is 2.57. The smallest absolute Gasteiger partial charge is 0.309 e. The minimum absolute atomic E-state index is 0.0374. The van der Waals surface area contributed by atoms with Gasteiger partial charge < -0.3 is 44.1 Å². The molecule has 7 aliphatic rings. The van der Waals surface area contributed by atoms with Crippen molar-refractivity contribution in [1.82, 2.24) is 0 Å². The van der Waals surface area contributed by atoms with Crippen LogP contribution >= 0.6 is 0 Å². The van der Waals surface area contributed by atoms with E-state index in [1.807, 2.05) is 0 Å². The first-order valence-corrected chi connectivity index (χ1v) is 13.6. The monoisotopic (exact) mass is 558 g/mol. The molecule has 12 heteroatoms. The highest BCUT2D eigenvalue weighted by molar-refractivity contribution is 6.30. The number of ketones is 2. The van der Waals surface area contributed by atoms with Gasteiger partial charge in [-0.25, -0.2) is 0 Å². The normalized spacial score (nSPS) is 41.8. The summed E-state index contributed by atoms with van der Waals surface area (Å²) in [7, 11) is 0.